The van der Waals surface area contributed by atoms with E-state index in [1.807, 2.05) is 6.07 Å². The predicted molar refractivity (Wildman–Crippen MR) is 77.4 cm³/mol. The minimum Gasteiger partial charge on any atom is -0.496 e. The SMILES string of the molecule is COc1ccc(C)cc1CC(N)c1sccc1C. The molecule has 18 heavy (non-hydrogen) atoms. The van der Waals surface area contributed by atoms with Crippen LogP contribution in [0.15, 0.2) is 29.6 Å². The van der Waals surface area contributed by atoms with Crippen LogP contribution < -0.4 is 10.5 Å². The summed E-state index contributed by atoms with van der Waals surface area (Å²) in [4.78, 5) is 1.26. The van der Waals surface area contributed by atoms with Gasteiger partial charge >= 0.3 is 0 Å². The molecule has 0 saturated heterocycles. The molecule has 0 aliphatic rings. The molecule has 1 heterocycles. The number of hydrogen-bond donors (Lipinski definition) is 1. The second kappa shape index (κ2) is 5.55. The van der Waals surface area contributed by atoms with E-state index < -0.39 is 0 Å². The monoisotopic (exact) mass is 261 g/mol. The molecule has 96 valence electrons. The first kappa shape index (κ1) is 13.1. The van der Waals surface area contributed by atoms with Crippen LogP contribution in [0.25, 0.3) is 0 Å². The van der Waals surface area contributed by atoms with Crippen LogP contribution in [-0.4, -0.2) is 7.11 Å². The van der Waals surface area contributed by atoms with Gasteiger partial charge in [0.2, 0.25) is 0 Å². The van der Waals surface area contributed by atoms with Crippen LogP contribution >= 0.6 is 11.3 Å². The smallest absolute Gasteiger partial charge is 0.122 e. The number of methoxy groups -OCH3 is 1. The molecule has 0 amide bonds. The molecular weight excluding hydrogens is 242 g/mol. The van der Waals surface area contributed by atoms with Crippen molar-refractivity contribution in [2.75, 3.05) is 7.11 Å². The van der Waals surface area contributed by atoms with Gasteiger partial charge in [0.05, 0.1) is 7.11 Å². The molecule has 2 nitrogen and oxygen atoms in total. The van der Waals surface area contributed by atoms with Crippen molar-refractivity contribution >= 4 is 11.3 Å². The summed E-state index contributed by atoms with van der Waals surface area (Å²) in [7, 11) is 1.70. The van der Waals surface area contributed by atoms with Gasteiger partial charge < -0.3 is 10.5 Å². The van der Waals surface area contributed by atoms with E-state index in [4.69, 9.17) is 10.5 Å². The summed E-state index contributed by atoms with van der Waals surface area (Å²) in [6.45, 7) is 4.20. The van der Waals surface area contributed by atoms with Crippen molar-refractivity contribution < 1.29 is 4.74 Å². The van der Waals surface area contributed by atoms with E-state index >= 15 is 0 Å². The van der Waals surface area contributed by atoms with Crippen molar-refractivity contribution in [2.45, 2.75) is 26.3 Å². The number of thiophene rings is 1. The molecule has 2 aromatic rings. The Morgan fingerprint density at radius 3 is 2.67 bits per heavy atom. The lowest BCUT2D eigenvalue weighted by molar-refractivity contribution is 0.408. The lowest BCUT2D eigenvalue weighted by Crippen LogP contribution is -2.13. The maximum Gasteiger partial charge on any atom is 0.122 e. The van der Waals surface area contributed by atoms with E-state index in [1.165, 1.54) is 21.6 Å². The molecule has 1 unspecified atom stereocenters. The topological polar surface area (TPSA) is 35.2 Å². The molecule has 1 aromatic carbocycles. The summed E-state index contributed by atoms with van der Waals surface area (Å²) >= 11 is 1.73. The minimum absolute atomic E-state index is 0.0423. The molecule has 0 fully saturated rings. The van der Waals surface area contributed by atoms with Gasteiger partial charge in [0.25, 0.3) is 0 Å². The van der Waals surface area contributed by atoms with Gasteiger partial charge in [-0.2, -0.15) is 0 Å². The number of ether oxygens (including phenoxy) is 1. The zero-order valence-electron chi connectivity index (χ0n) is 11.1. The van der Waals surface area contributed by atoms with Crippen molar-refractivity contribution in [1.29, 1.82) is 0 Å². The van der Waals surface area contributed by atoms with Gasteiger partial charge in [0.1, 0.15) is 5.75 Å². The molecule has 0 bridgehead atoms. The van der Waals surface area contributed by atoms with Crippen molar-refractivity contribution in [1.82, 2.24) is 0 Å². The van der Waals surface area contributed by atoms with Gasteiger partial charge in [0.15, 0.2) is 0 Å². The maximum atomic E-state index is 6.30. The normalized spacial score (nSPS) is 12.4. The Morgan fingerprint density at radius 1 is 1.28 bits per heavy atom. The molecule has 0 aliphatic heterocycles. The van der Waals surface area contributed by atoms with E-state index in [0.717, 1.165) is 12.2 Å². The fourth-order valence-electron chi connectivity index (χ4n) is 2.16. The molecule has 3 heteroatoms. The molecule has 1 atom stereocenters. The fourth-order valence-corrected chi connectivity index (χ4v) is 3.09. The third-order valence-electron chi connectivity index (χ3n) is 3.11. The van der Waals surface area contributed by atoms with Crippen molar-refractivity contribution in [3.8, 4) is 5.75 Å². The second-order valence-electron chi connectivity index (χ2n) is 4.59. The molecule has 2 rings (SSSR count). The van der Waals surface area contributed by atoms with E-state index in [9.17, 15) is 0 Å². The highest BCUT2D eigenvalue weighted by Crippen LogP contribution is 2.28. The Morgan fingerprint density at radius 2 is 2.06 bits per heavy atom. The molecule has 2 N–H and O–H groups in total. The van der Waals surface area contributed by atoms with Crippen LogP contribution in [0.4, 0.5) is 0 Å². The van der Waals surface area contributed by atoms with E-state index in [1.54, 1.807) is 18.4 Å². The van der Waals surface area contributed by atoms with Gasteiger partial charge in [-0.3, -0.25) is 0 Å². The second-order valence-corrected chi connectivity index (χ2v) is 5.54. The zero-order valence-corrected chi connectivity index (χ0v) is 11.9. The summed E-state index contributed by atoms with van der Waals surface area (Å²) in [6.07, 6.45) is 0.812. The molecule has 0 aliphatic carbocycles. The van der Waals surface area contributed by atoms with Crippen LogP contribution in [0, 0.1) is 13.8 Å². The standard InChI is InChI=1S/C15H19NOS/c1-10-4-5-14(17-3)12(8-10)9-13(16)15-11(2)6-7-18-15/h4-8,13H,9,16H2,1-3H3. The Kier molecular flexibility index (Phi) is 4.04. The van der Waals surface area contributed by atoms with E-state index in [2.05, 4.69) is 37.4 Å². The molecule has 0 spiro atoms. The van der Waals surface area contributed by atoms with Crippen LogP contribution in [0.2, 0.25) is 0 Å². The van der Waals surface area contributed by atoms with Crippen LogP contribution in [0.1, 0.15) is 27.6 Å². The van der Waals surface area contributed by atoms with E-state index in [0.29, 0.717) is 0 Å². The number of rotatable bonds is 4. The average Bonchev–Trinajstić information content (AvgIpc) is 2.76. The van der Waals surface area contributed by atoms with Crippen LogP contribution in [0.3, 0.4) is 0 Å². The van der Waals surface area contributed by atoms with Gasteiger partial charge in [-0.1, -0.05) is 17.7 Å². The lowest BCUT2D eigenvalue weighted by atomic mass is 10.0. The summed E-state index contributed by atoms with van der Waals surface area (Å²) in [5.41, 5.74) is 9.99. The highest BCUT2D eigenvalue weighted by molar-refractivity contribution is 7.10. The third kappa shape index (κ3) is 2.74. The third-order valence-corrected chi connectivity index (χ3v) is 4.27. The average molecular weight is 261 g/mol. The Labute approximate surface area is 112 Å². The van der Waals surface area contributed by atoms with Crippen molar-refractivity contribution in [2.24, 2.45) is 5.73 Å². The van der Waals surface area contributed by atoms with Gasteiger partial charge in [-0.15, -0.1) is 11.3 Å². The Hall–Kier alpha value is -1.32. The first-order chi connectivity index (χ1) is 8.61. The van der Waals surface area contributed by atoms with Crippen LogP contribution in [0.5, 0.6) is 5.75 Å². The summed E-state index contributed by atoms with van der Waals surface area (Å²) in [5, 5.41) is 2.10. The maximum absolute atomic E-state index is 6.30. The minimum atomic E-state index is 0.0423. The number of benzene rings is 1. The number of aryl methyl sites for hydroxylation is 2. The lowest BCUT2D eigenvalue weighted by Gasteiger charge is -2.14. The van der Waals surface area contributed by atoms with Crippen molar-refractivity contribution in [3.63, 3.8) is 0 Å². The van der Waals surface area contributed by atoms with Gasteiger partial charge in [-0.05, 0) is 48.9 Å². The predicted octanol–water partition coefficient (Wildman–Crippen LogP) is 3.62. The van der Waals surface area contributed by atoms with E-state index in [-0.39, 0.29) is 6.04 Å². The largest absolute Gasteiger partial charge is 0.496 e. The van der Waals surface area contributed by atoms with Gasteiger partial charge in [-0.25, -0.2) is 0 Å². The molecule has 0 saturated carbocycles. The summed E-state index contributed by atoms with van der Waals surface area (Å²) < 4.78 is 5.40. The quantitative estimate of drug-likeness (QED) is 0.912. The highest BCUT2D eigenvalue weighted by Gasteiger charge is 2.13. The molecule has 0 radical (unpaired) electrons. The first-order valence-electron chi connectivity index (χ1n) is 6.05. The summed E-state index contributed by atoms with van der Waals surface area (Å²) in [5.74, 6) is 0.922. The van der Waals surface area contributed by atoms with Crippen molar-refractivity contribution in [3.05, 3.63) is 51.2 Å². The zero-order chi connectivity index (χ0) is 13.1. The number of hydrogen-bond acceptors (Lipinski definition) is 3. The molecular formula is C15H19NOS. The first-order valence-corrected chi connectivity index (χ1v) is 6.93. The van der Waals surface area contributed by atoms with Crippen LogP contribution in [-0.2, 0) is 6.42 Å². The Bertz CT molecular complexity index is 533. The fraction of sp³-hybridized carbons (Fsp3) is 0.333. The summed E-state index contributed by atoms with van der Waals surface area (Å²) in [6, 6.07) is 8.39. The van der Waals surface area contributed by atoms with Gasteiger partial charge in [0, 0.05) is 10.9 Å². The Balaban J connectivity index is 2.23. The number of nitrogens with two attached hydrogens (primary N) is 1. The highest BCUT2D eigenvalue weighted by atomic mass is 32.1. The molecule has 1 aromatic heterocycles.